The topological polar surface area (TPSA) is 28.5 Å². The summed E-state index contributed by atoms with van der Waals surface area (Å²) in [6.45, 7) is 0. The van der Waals surface area contributed by atoms with Crippen molar-refractivity contribution >= 4 is 45.5 Å². The Morgan fingerprint density at radius 2 is 1.00 bits per heavy atom. The van der Waals surface area contributed by atoms with E-state index in [1.165, 1.54) is 0 Å². The van der Waals surface area contributed by atoms with Crippen LogP contribution in [0.2, 0.25) is 0 Å². The van der Waals surface area contributed by atoms with Gasteiger partial charge < -0.3 is 10.2 Å². The quantitative estimate of drug-likeness (QED) is 0.375. The molecule has 0 spiro atoms. The SMILES string of the molecule is [F-].[La+3].[Mn+2].[O-2].[Sr+2].[Y+3]. The van der Waals surface area contributed by atoms with Gasteiger partial charge in [0.15, 0.2) is 0 Å². The summed E-state index contributed by atoms with van der Waals surface area (Å²) < 4.78 is 0. The molecule has 0 unspecified atom stereocenters. The molecule has 0 bridgehead atoms. The van der Waals surface area contributed by atoms with Crippen molar-refractivity contribution in [3.63, 3.8) is 0 Å². The Balaban J connectivity index is 0. The molecule has 0 atom stereocenters. The van der Waals surface area contributed by atoms with Gasteiger partial charge in [0, 0.05) is 0 Å². The van der Waals surface area contributed by atoms with Gasteiger partial charge in [-0.1, -0.05) is 0 Å². The minimum atomic E-state index is 0. The largest absolute Gasteiger partial charge is 3.00 e. The zero-order chi connectivity index (χ0) is 0. The fraction of sp³-hybridized carbons (Fsp3) is 0. The molecule has 0 aliphatic heterocycles. The third-order valence-corrected chi connectivity index (χ3v) is 0. The monoisotopic (exact) mass is 406 g/mol. The number of halogens is 1. The molecule has 21 valence electrons. The van der Waals surface area contributed by atoms with E-state index in [0.29, 0.717) is 0 Å². The van der Waals surface area contributed by atoms with E-state index in [1.807, 2.05) is 0 Å². The Hall–Kier alpha value is 4.19. The molecule has 6 heteroatoms. The molecular formula is FLaMnOSrY+7. The molecule has 0 amide bonds. The van der Waals surface area contributed by atoms with Gasteiger partial charge in [0.1, 0.15) is 0 Å². The second-order valence-corrected chi connectivity index (χ2v) is 0. The summed E-state index contributed by atoms with van der Waals surface area (Å²) in [5.74, 6) is 0. The van der Waals surface area contributed by atoms with Crippen LogP contribution in [0.4, 0.5) is 0 Å². The van der Waals surface area contributed by atoms with Gasteiger partial charge in [-0.3, -0.25) is 0 Å². The van der Waals surface area contributed by atoms with Crippen LogP contribution < -0.4 is 4.70 Å². The first-order valence-corrected chi connectivity index (χ1v) is 0. The number of hydrogen-bond acceptors (Lipinski definition) is 0. The van der Waals surface area contributed by atoms with Crippen LogP contribution in [0.5, 0.6) is 0 Å². The van der Waals surface area contributed by atoms with Crippen LogP contribution in [0.1, 0.15) is 0 Å². The third-order valence-electron chi connectivity index (χ3n) is 0. The van der Waals surface area contributed by atoms with Gasteiger partial charge in [0.2, 0.25) is 0 Å². The van der Waals surface area contributed by atoms with Crippen LogP contribution in [-0.4, -0.2) is 45.5 Å². The normalized spacial score (nSPS) is 0. The molecule has 1 nitrogen and oxygen atoms in total. The molecule has 0 fully saturated rings. The average Bonchev–Trinajstić information content (AvgIpc) is 0. The first-order chi connectivity index (χ1) is 0. The van der Waals surface area contributed by atoms with Gasteiger partial charge in [-0.15, -0.1) is 0 Å². The first-order valence-electron chi connectivity index (χ1n) is 0. The van der Waals surface area contributed by atoms with Crippen LogP contribution in [-0.2, 0) is 55.3 Å². The van der Waals surface area contributed by atoms with E-state index in [2.05, 4.69) is 0 Å². The van der Waals surface area contributed by atoms with Crippen molar-refractivity contribution < 1.29 is 95.6 Å². The molecule has 0 rings (SSSR count). The van der Waals surface area contributed by atoms with Crippen molar-refractivity contribution in [1.82, 2.24) is 0 Å². The maximum Gasteiger partial charge on any atom is 3.00 e. The smallest absolute Gasteiger partial charge is 2.00 e. The minimum absolute atomic E-state index is 0. The van der Waals surface area contributed by atoms with E-state index in [9.17, 15) is 0 Å². The predicted molar refractivity (Wildman–Crippen MR) is 6.44 cm³/mol. The van der Waals surface area contributed by atoms with E-state index in [-0.39, 0.29) is 141 Å². The maximum atomic E-state index is 0. The van der Waals surface area contributed by atoms with Crippen molar-refractivity contribution in [3.05, 3.63) is 0 Å². The molecule has 0 heterocycles. The Labute approximate surface area is 137 Å². The van der Waals surface area contributed by atoms with Crippen LogP contribution in [0.25, 0.3) is 0 Å². The van der Waals surface area contributed by atoms with Crippen LogP contribution >= 0.6 is 0 Å². The van der Waals surface area contributed by atoms with Crippen molar-refractivity contribution in [2.24, 2.45) is 0 Å². The van der Waals surface area contributed by atoms with Crippen LogP contribution in [0, 0.1) is 35.6 Å². The minimum Gasteiger partial charge on any atom is -2.00 e. The molecule has 0 N–H and O–H groups in total. The molecule has 6 heavy (non-hydrogen) atoms. The second kappa shape index (κ2) is 35.1. The summed E-state index contributed by atoms with van der Waals surface area (Å²) in [6, 6.07) is 0. The van der Waals surface area contributed by atoms with Gasteiger partial charge in [-0.25, -0.2) is 0 Å². The zero-order valence-electron chi connectivity index (χ0n) is 3.03. The van der Waals surface area contributed by atoms with Gasteiger partial charge in [0.05, 0.1) is 0 Å². The molecule has 0 aliphatic rings. The fourth-order valence-corrected chi connectivity index (χ4v) is 0. The van der Waals surface area contributed by atoms with E-state index >= 15 is 0 Å². The van der Waals surface area contributed by atoms with Crippen molar-refractivity contribution in [2.45, 2.75) is 0 Å². The molecule has 1 radical (unpaired) electrons. The number of hydrogen-bond donors (Lipinski definition) is 0. The fourth-order valence-electron chi connectivity index (χ4n) is 0. The van der Waals surface area contributed by atoms with E-state index in [0.717, 1.165) is 0 Å². The van der Waals surface area contributed by atoms with Gasteiger partial charge in [0.25, 0.3) is 0 Å². The van der Waals surface area contributed by atoms with Crippen LogP contribution in [0.3, 0.4) is 0 Å². The van der Waals surface area contributed by atoms with E-state index in [1.54, 1.807) is 0 Å². The first kappa shape index (κ1) is 49.0. The van der Waals surface area contributed by atoms with Crippen molar-refractivity contribution in [2.75, 3.05) is 0 Å². The Morgan fingerprint density at radius 3 is 1.00 bits per heavy atom. The molecule has 0 saturated carbocycles. The molecule has 0 aromatic rings. The summed E-state index contributed by atoms with van der Waals surface area (Å²) in [5.41, 5.74) is 0. The predicted octanol–water partition coefficient (Wildman–Crippen LogP) is -3.50. The Bertz CT molecular complexity index is 15.5. The summed E-state index contributed by atoms with van der Waals surface area (Å²) in [7, 11) is 0. The van der Waals surface area contributed by atoms with Crippen molar-refractivity contribution in [3.8, 4) is 0 Å². The standard InChI is InChI=1S/FH.La.Mn.O.Sr.Y/h1H;;;;;/q;+3;+2;-2;+2;+3/p-1. The van der Waals surface area contributed by atoms with Gasteiger partial charge in [-0.2, -0.15) is 0 Å². The summed E-state index contributed by atoms with van der Waals surface area (Å²) in [5, 5.41) is 0. The molecular weight excluding hydrogens is 405 g/mol. The second-order valence-electron chi connectivity index (χ2n) is 0. The Kier molecular flexibility index (Phi) is 287. The molecule has 0 aromatic carbocycles. The molecule has 0 saturated heterocycles. The zero-order valence-corrected chi connectivity index (χ0v) is 14.1. The van der Waals surface area contributed by atoms with E-state index < -0.39 is 0 Å². The Morgan fingerprint density at radius 1 is 1.00 bits per heavy atom. The van der Waals surface area contributed by atoms with Crippen LogP contribution in [0.15, 0.2) is 0 Å². The average molecular weight is 405 g/mol. The van der Waals surface area contributed by atoms with Crippen molar-refractivity contribution in [1.29, 1.82) is 0 Å². The van der Waals surface area contributed by atoms with E-state index in [4.69, 9.17) is 0 Å². The summed E-state index contributed by atoms with van der Waals surface area (Å²) >= 11 is 0. The number of rotatable bonds is 0. The maximum absolute atomic E-state index is 0. The summed E-state index contributed by atoms with van der Waals surface area (Å²) in [6.07, 6.45) is 0. The van der Waals surface area contributed by atoms with Gasteiger partial charge in [-0.05, 0) is 0 Å². The van der Waals surface area contributed by atoms with Gasteiger partial charge >= 0.3 is 131 Å². The summed E-state index contributed by atoms with van der Waals surface area (Å²) in [4.78, 5) is 0. The molecule has 0 aromatic heterocycles. The third kappa shape index (κ3) is 24.1. The molecule has 0 aliphatic carbocycles.